The van der Waals surface area contributed by atoms with Crippen LogP contribution in [0.1, 0.15) is 115 Å². The van der Waals surface area contributed by atoms with Gasteiger partial charge in [-0.25, -0.2) is 4.79 Å². The van der Waals surface area contributed by atoms with Crippen LogP contribution in [0.15, 0.2) is 79.0 Å². The second-order valence-corrected chi connectivity index (χ2v) is 29.0. The number of amides is 13. The molecule has 23 N–H and O–H groups in total. The van der Waals surface area contributed by atoms with Crippen molar-refractivity contribution in [1.82, 2.24) is 79.0 Å². The van der Waals surface area contributed by atoms with Crippen LogP contribution < -0.4 is 80.6 Å². The van der Waals surface area contributed by atoms with Crippen LogP contribution in [-0.2, 0) is 105 Å². The van der Waals surface area contributed by atoms with Crippen LogP contribution in [0.3, 0.4) is 0 Å². The highest BCUT2D eigenvalue weighted by Crippen LogP contribution is 2.24. The van der Waals surface area contributed by atoms with Gasteiger partial charge in [0.15, 0.2) is 5.96 Å². The number of nitrogens with zero attached hydrogens (tertiary/aromatic N) is 1. The molecule has 40 heteroatoms. The maximum atomic E-state index is 15.5. The Kier molecular flexibility index (Phi) is 31.7. The van der Waals surface area contributed by atoms with E-state index in [0.717, 1.165) is 11.8 Å². The van der Waals surface area contributed by atoms with E-state index in [9.17, 15) is 54.0 Å². The number of benzene rings is 3. The van der Waals surface area contributed by atoms with Gasteiger partial charge in [-0.2, -0.15) is 0 Å². The van der Waals surface area contributed by atoms with Crippen LogP contribution in [0.25, 0.3) is 10.9 Å². The number of aromatic hydroxyl groups is 2. The summed E-state index contributed by atoms with van der Waals surface area (Å²) in [7, 11) is 0. The van der Waals surface area contributed by atoms with Crippen LogP contribution in [0.2, 0.25) is 0 Å². The molecule has 15 atom stereocenters. The number of phenols is 2. The number of hydrogen-bond donors (Lipinski definition) is 21. The molecule has 622 valence electrons. The van der Waals surface area contributed by atoms with Crippen molar-refractivity contribution in [3.05, 3.63) is 95.7 Å². The van der Waals surface area contributed by atoms with Gasteiger partial charge < -0.3 is 120 Å². The van der Waals surface area contributed by atoms with Crippen LogP contribution in [0.4, 0.5) is 0 Å². The number of nitrogens with one attached hydrogen (secondary N) is 15. The molecule has 1 aromatic heterocycles. The first-order chi connectivity index (χ1) is 54.6. The predicted molar refractivity (Wildman–Crippen MR) is 405 cm³/mol. The topological polar surface area (TPSA) is 624 Å². The van der Waals surface area contributed by atoms with Gasteiger partial charge in [0.05, 0.1) is 18.9 Å². The third kappa shape index (κ3) is 25.5. The molecule has 13 amide bonds. The molecule has 0 aliphatic carbocycles. The van der Waals surface area contributed by atoms with E-state index in [0.29, 0.717) is 27.6 Å². The average Bonchev–Trinajstić information content (AvgIpc) is 1.73. The van der Waals surface area contributed by atoms with E-state index in [4.69, 9.17) is 26.4 Å². The lowest BCUT2D eigenvalue weighted by atomic mass is 10.0. The number of H-pyrrole nitrogens is 1. The van der Waals surface area contributed by atoms with E-state index in [1.165, 1.54) is 75.5 Å². The van der Waals surface area contributed by atoms with Crippen molar-refractivity contribution in [2.24, 2.45) is 17.4 Å². The number of carbonyl (C=O) groups excluding carboxylic acids is 15. The third-order valence-electron chi connectivity index (χ3n) is 19.8. The first kappa shape index (κ1) is 88.1. The van der Waals surface area contributed by atoms with E-state index in [-0.39, 0.29) is 82.5 Å². The first-order valence-corrected chi connectivity index (χ1v) is 37.7. The van der Waals surface area contributed by atoms with Gasteiger partial charge in [0, 0.05) is 62.4 Å². The average molecular weight is 1610 g/mol. The molecule has 5 heterocycles. The summed E-state index contributed by atoms with van der Waals surface area (Å²) in [5.41, 5.74) is 13.1. The molecular formula is C75H100N18O22. The zero-order chi connectivity index (χ0) is 83.9. The Bertz CT molecular complexity index is 4250. The summed E-state index contributed by atoms with van der Waals surface area (Å²) < 4.78 is 11.5. The molecule has 40 nitrogen and oxygen atoms in total. The van der Waals surface area contributed by atoms with Crippen molar-refractivity contribution in [1.29, 1.82) is 5.41 Å². The second kappa shape index (κ2) is 41.3. The minimum Gasteiger partial charge on any atom is -0.508 e. The number of aromatic nitrogens is 1. The molecule has 4 aromatic rings. The fraction of sp³-hybridized carbons (Fsp3) is 0.507. The molecule has 4 fully saturated rings. The SMILES string of the molecule is CC(O)[C@H](N)C(=O)N[C@@H](C(=O)N[C@@H]1C(=O)N[C@H](CCCNC(=N)N)C(=O)N[C@H]2CCCCNC(=O)C[C@H](C(=O)N[C@@H](Cc3ccc(O)cc3)C(=O)O)NC(=O)[C@@H]3CCC(=O)OC[C@@H](NC(=O)[C@@H]4CCCN4C(=O)[C@H](Cc4ccc(O)cc4)NC2=O)C(=O)N[C@@H](CC(=O)OC1C)C(=O)N[C@@H](Cc1c[nH]c2ccccc12)C(=O)N3)C(C)C. The van der Waals surface area contributed by atoms with Gasteiger partial charge in [-0.15, -0.1) is 0 Å². The number of carboxylic acids is 1. The number of hydrogen-bond acceptors (Lipinski definition) is 23. The fourth-order valence-electron chi connectivity index (χ4n) is 13.3. The van der Waals surface area contributed by atoms with E-state index in [1.54, 1.807) is 24.3 Å². The summed E-state index contributed by atoms with van der Waals surface area (Å²) in [6, 6.07) is -6.42. The molecule has 4 bridgehead atoms. The molecule has 0 radical (unpaired) electrons. The van der Waals surface area contributed by atoms with Gasteiger partial charge in [0.2, 0.25) is 76.8 Å². The smallest absolute Gasteiger partial charge is 0.326 e. The number of fused-ring (bicyclic) bond motifs is 13. The molecule has 0 spiro atoms. The zero-order valence-corrected chi connectivity index (χ0v) is 63.7. The van der Waals surface area contributed by atoms with Gasteiger partial charge in [0.25, 0.3) is 0 Å². The standard InChI is InChI=1S/C75H100N18O22/c1-36(2)60(91-70(108)59(76)37(3)94)71(109)92-61-38(4)115-58(99)33-51-67(105)85-49(31-41-34-81-45-12-6-5-11-44(41)45)65(103)83-48-24-25-57(98)114-35-54(68(106)87-51)90-69(107)55-15-10-28-93(55)73(111)52(29-39-16-20-42(95)21-17-39)88-63(101)46(82-62(100)47(84-72(61)110)14-9-27-80-75(77)78)13-7-8-26-79-56(97)32-50(86-64(48)102)66(104)89-53(74(112)113)30-40-18-22-43(96)23-19-40/h5-6,11-12,16-23,34,36-38,46-55,59-61,81,94-96H,7-10,13-15,24-33,35,76H2,1-4H3,(H,79,97)(H,82,100)(H,83,103)(H,84,110)(H,85,105)(H,86,102)(H,87,106)(H,88,101)(H,89,104)(H,90,107)(H,91,108)(H,92,109)(H,112,113)(H4,77,78,80)/t37?,38?,46-,47+,48-,49-,50+,51-,52-,53-,54+,55-,59-,60+,61-/m0/s1. The molecule has 4 saturated heterocycles. The Labute approximate surface area is 659 Å². The molecule has 4 aliphatic heterocycles. The van der Waals surface area contributed by atoms with Crippen molar-refractivity contribution in [3.8, 4) is 11.5 Å². The number of ether oxygens (including phenoxy) is 2. The van der Waals surface area contributed by atoms with Crippen LogP contribution in [0, 0.1) is 11.3 Å². The Morgan fingerprint density at radius 1 is 0.643 bits per heavy atom. The van der Waals surface area contributed by atoms with Gasteiger partial charge >= 0.3 is 17.9 Å². The van der Waals surface area contributed by atoms with Gasteiger partial charge in [-0.05, 0) is 118 Å². The summed E-state index contributed by atoms with van der Waals surface area (Å²) in [5, 5.41) is 81.9. The van der Waals surface area contributed by atoms with E-state index in [1.807, 2.05) is 0 Å². The van der Waals surface area contributed by atoms with E-state index >= 15 is 43.2 Å². The molecule has 2 unspecified atom stereocenters. The summed E-state index contributed by atoms with van der Waals surface area (Å²) in [4.78, 5) is 241. The lowest BCUT2D eigenvalue weighted by Gasteiger charge is -2.31. The number of para-hydroxylation sites is 1. The predicted octanol–water partition coefficient (Wildman–Crippen LogP) is -4.99. The minimum absolute atomic E-state index is 0.0688. The maximum absolute atomic E-state index is 15.5. The number of carbonyl (C=O) groups is 16. The Morgan fingerprint density at radius 2 is 1.25 bits per heavy atom. The number of carboxylic acid groups (broad SMARTS) is 1. The van der Waals surface area contributed by atoms with Crippen LogP contribution in [-0.4, -0.2) is 248 Å². The summed E-state index contributed by atoms with van der Waals surface area (Å²) in [5.74, 6) is -21.0. The number of aliphatic hydroxyl groups is 1. The monoisotopic (exact) mass is 1600 g/mol. The van der Waals surface area contributed by atoms with Crippen molar-refractivity contribution in [2.45, 2.75) is 208 Å². The number of nitrogens with two attached hydrogens (primary N) is 2. The second-order valence-electron chi connectivity index (χ2n) is 29.0. The number of rotatable bonds is 19. The van der Waals surface area contributed by atoms with E-state index in [2.05, 4.69) is 74.1 Å². The third-order valence-corrected chi connectivity index (χ3v) is 19.8. The van der Waals surface area contributed by atoms with Gasteiger partial charge in [-0.3, -0.25) is 77.3 Å². The molecule has 8 rings (SSSR count). The van der Waals surface area contributed by atoms with Crippen molar-refractivity contribution in [2.75, 3.05) is 26.2 Å². The number of phenolic OH excluding ortho intramolecular Hbond substituents is 2. The lowest BCUT2D eigenvalue weighted by Crippen LogP contribution is -2.63. The highest BCUT2D eigenvalue weighted by Gasteiger charge is 2.44. The number of cyclic esters (lactones) is 1. The minimum atomic E-state index is -2.26. The Balaban J connectivity index is 1.32. The highest BCUT2D eigenvalue weighted by molar-refractivity contribution is 6.02. The summed E-state index contributed by atoms with van der Waals surface area (Å²) in [6.07, 6.45) is -7.87. The molecule has 4 aliphatic rings. The largest absolute Gasteiger partial charge is 0.508 e. The number of aliphatic hydroxyl groups excluding tert-OH is 1. The van der Waals surface area contributed by atoms with Crippen molar-refractivity contribution >= 4 is 112 Å². The fourth-order valence-corrected chi connectivity index (χ4v) is 13.3. The lowest BCUT2D eigenvalue weighted by molar-refractivity contribution is -0.154. The van der Waals surface area contributed by atoms with Crippen molar-refractivity contribution in [3.63, 3.8) is 0 Å². The zero-order valence-electron chi connectivity index (χ0n) is 63.7. The Hall–Kier alpha value is -12.5. The quantitative estimate of drug-likeness (QED) is 0.0181. The molecular weight excluding hydrogens is 1500 g/mol. The molecule has 0 saturated carbocycles. The van der Waals surface area contributed by atoms with Gasteiger partial charge in [0.1, 0.15) is 103 Å². The molecule has 3 aromatic carbocycles. The molecule has 115 heavy (non-hydrogen) atoms. The summed E-state index contributed by atoms with van der Waals surface area (Å²) >= 11 is 0. The number of aliphatic carboxylic acids is 1. The number of esters is 2. The van der Waals surface area contributed by atoms with Gasteiger partial charge in [-0.1, -0.05) is 56.3 Å². The van der Waals surface area contributed by atoms with Crippen molar-refractivity contribution < 1.29 is 107 Å². The normalized spacial score (nSPS) is 24.8. The van der Waals surface area contributed by atoms with Crippen LogP contribution in [0.5, 0.6) is 11.5 Å². The van der Waals surface area contributed by atoms with E-state index < -0.39 is 242 Å². The summed E-state index contributed by atoms with van der Waals surface area (Å²) in [6.45, 7) is 3.61. The highest BCUT2D eigenvalue weighted by atomic mass is 16.5. The first-order valence-electron chi connectivity index (χ1n) is 37.7. The maximum Gasteiger partial charge on any atom is 0.326 e. The number of aromatic amines is 1. The number of guanidine groups is 1. The Morgan fingerprint density at radius 3 is 1.92 bits per heavy atom. The van der Waals surface area contributed by atoms with Crippen LogP contribution >= 0.6 is 0 Å².